The Hall–Kier alpha value is -1.67. The first-order valence-electron chi connectivity index (χ1n) is 6.38. The smallest absolute Gasteiger partial charge is 0.330 e. The Kier molecular flexibility index (Phi) is 4.79. The number of alkyl halides is 1. The molecular formula is C12H14ClFN2O5. The Morgan fingerprint density at radius 1 is 1.62 bits per heavy atom. The van der Waals surface area contributed by atoms with Gasteiger partial charge in [0.05, 0.1) is 0 Å². The number of nitrogens with one attached hydrogen (secondary N) is 1. The van der Waals surface area contributed by atoms with E-state index in [9.17, 15) is 18.8 Å². The number of nitrogens with zero attached hydrogens (tertiary/aromatic N) is 1. The van der Waals surface area contributed by atoms with Crippen molar-refractivity contribution in [3.8, 4) is 0 Å². The summed E-state index contributed by atoms with van der Waals surface area (Å²) in [6.45, 7) is 1.39. The summed E-state index contributed by atoms with van der Waals surface area (Å²) in [5, 5.41) is -0.200. The standard InChI is InChI=1S/C12H14ClFN2O5/c1-2-10(17)20-5-8-7(14)3-9(21-8)16-4-6(13)11(18)15-12(16)19/h4,7-9H,2-3,5H2,1H3,(H,15,18,19)/t7?,8-,9-/m0/s1. The maximum absolute atomic E-state index is 13.9. The lowest BCUT2D eigenvalue weighted by molar-refractivity contribution is -0.149. The van der Waals surface area contributed by atoms with Crippen molar-refractivity contribution in [1.82, 2.24) is 9.55 Å². The summed E-state index contributed by atoms with van der Waals surface area (Å²) in [5.41, 5.74) is -1.46. The molecule has 0 saturated carbocycles. The first kappa shape index (κ1) is 15.7. The minimum atomic E-state index is -1.39. The number of ether oxygens (including phenoxy) is 2. The predicted molar refractivity (Wildman–Crippen MR) is 71.0 cm³/mol. The van der Waals surface area contributed by atoms with Gasteiger partial charge in [-0.05, 0) is 0 Å². The Morgan fingerprint density at radius 3 is 3.00 bits per heavy atom. The fraction of sp³-hybridized carbons (Fsp3) is 0.583. The molecule has 0 radical (unpaired) electrons. The van der Waals surface area contributed by atoms with Crippen molar-refractivity contribution < 1.29 is 18.7 Å². The van der Waals surface area contributed by atoms with Crippen LogP contribution in [0, 0.1) is 0 Å². The lowest BCUT2D eigenvalue weighted by Gasteiger charge is -2.15. The molecule has 2 heterocycles. The van der Waals surface area contributed by atoms with Gasteiger partial charge in [0.15, 0.2) is 0 Å². The minimum absolute atomic E-state index is 0.101. The van der Waals surface area contributed by atoms with E-state index in [1.165, 1.54) is 0 Å². The summed E-state index contributed by atoms with van der Waals surface area (Å²) in [4.78, 5) is 35.9. The van der Waals surface area contributed by atoms with Crippen LogP contribution in [0.5, 0.6) is 0 Å². The predicted octanol–water partition coefficient (Wildman–Crippen LogP) is 0.769. The average Bonchev–Trinajstić information content (AvgIpc) is 2.81. The van der Waals surface area contributed by atoms with Gasteiger partial charge in [-0.15, -0.1) is 0 Å². The zero-order valence-corrected chi connectivity index (χ0v) is 11.9. The molecule has 1 aromatic heterocycles. The Morgan fingerprint density at radius 2 is 2.33 bits per heavy atom. The Bertz CT molecular complexity index is 643. The lowest BCUT2D eigenvalue weighted by atomic mass is 10.2. The van der Waals surface area contributed by atoms with Gasteiger partial charge in [0, 0.05) is 19.0 Å². The molecule has 1 saturated heterocycles. The molecular weight excluding hydrogens is 307 g/mol. The number of carbonyl (C=O) groups excluding carboxylic acids is 1. The molecule has 0 bridgehead atoms. The van der Waals surface area contributed by atoms with E-state index in [1.54, 1.807) is 6.92 Å². The van der Waals surface area contributed by atoms with Crippen LogP contribution >= 0.6 is 11.6 Å². The van der Waals surface area contributed by atoms with Crippen LogP contribution < -0.4 is 11.2 Å². The number of rotatable bonds is 4. The fourth-order valence-corrected chi connectivity index (χ4v) is 2.11. The summed E-state index contributed by atoms with van der Waals surface area (Å²) in [5.74, 6) is -0.460. The van der Waals surface area contributed by atoms with E-state index in [-0.39, 0.29) is 24.5 Å². The number of esters is 1. The molecule has 7 nitrogen and oxygen atoms in total. The molecule has 1 unspecified atom stereocenters. The minimum Gasteiger partial charge on any atom is -0.463 e. The normalized spacial score (nSPS) is 25.0. The van der Waals surface area contributed by atoms with Gasteiger partial charge in [-0.3, -0.25) is 19.1 Å². The second kappa shape index (κ2) is 6.40. The van der Waals surface area contributed by atoms with Gasteiger partial charge in [-0.2, -0.15) is 0 Å². The quantitative estimate of drug-likeness (QED) is 0.827. The Labute approximate surface area is 123 Å². The third-order valence-electron chi connectivity index (χ3n) is 3.09. The number of H-pyrrole nitrogens is 1. The average molecular weight is 321 g/mol. The highest BCUT2D eigenvalue weighted by atomic mass is 35.5. The van der Waals surface area contributed by atoms with Crippen molar-refractivity contribution in [2.45, 2.75) is 38.3 Å². The molecule has 0 aliphatic carbocycles. The van der Waals surface area contributed by atoms with Crippen LogP contribution in [0.1, 0.15) is 26.0 Å². The summed E-state index contributed by atoms with van der Waals surface area (Å²) in [6.07, 6.45) is -2.08. The van der Waals surface area contributed by atoms with Crippen LogP contribution in [0.2, 0.25) is 5.02 Å². The van der Waals surface area contributed by atoms with Crippen molar-refractivity contribution in [1.29, 1.82) is 0 Å². The van der Waals surface area contributed by atoms with Gasteiger partial charge >= 0.3 is 11.7 Å². The van der Waals surface area contributed by atoms with Gasteiger partial charge in [-0.25, -0.2) is 9.18 Å². The van der Waals surface area contributed by atoms with Gasteiger partial charge in [0.1, 0.15) is 30.1 Å². The maximum atomic E-state index is 13.9. The number of halogens is 2. The van der Waals surface area contributed by atoms with Gasteiger partial charge in [0.2, 0.25) is 0 Å². The summed E-state index contributed by atoms with van der Waals surface area (Å²) in [7, 11) is 0. The first-order chi connectivity index (χ1) is 9.92. The van der Waals surface area contributed by atoms with E-state index >= 15 is 0 Å². The number of hydrogen-bond acceptors (Lipinski definition) is 5. The fourth-order valence-electron chi connectivity index (χ4n) is 1.96. The van der Waals surface area contributed by atoms with Gasteiger partial charge in [-0.1, -0.05) is 18.5 Å². The van der Waals surface area contributed by atoms with Crippen LogP contribution in [0.15, 0.2) is 15.8 Å². The molecule has 1 aliphatic heterocycles. The summed E-state index contributed by atoms with van der Waals surface area (Å²) >= 11 is 5.64. The second-order valence-corrected chi connectivity index (χ2v) is 4.97. The number of aromatic nitrogens is 2. The largest absolute Gasteiger partial charge is 0.463 e. The van der Waals surface area contributed by atoms with Crippen molar-refractivity contribution in [2.75, 3.05) is 6.61 Å². The van der Waals surface area contributed by atoms with E-state index in [4.69, 9.17) is 21.1 Å². The highest BCUT2D eigenvalue weighted by Crippen LogP contribution is 2.30. The molecule has 9 heteroatoms. The number of hydrogen-bond donors (Lipinski definition) is 1. The van der Waals surface area contributed by atoms with Crippen LogP contribution in [-0.2, 0) is 14.3 Å². The van der Waals surface area contributed by atoms with E-state index < -0.39 is 35.7 Å². The molecule has 2 rings (SSSR count). The van der Waals surface area contributed by atoms with Crippen LogP contribution in [0.4, 0.5) is 4.39 Å². The topological polar surface area (TPSA) is 90.4 Å². The van der Waals surface area contributed by atoms with Crippen LogP contribution in [0.25, 0.3) is 0 Å². The summed E-state index contributed by atoms with van der Waals surface area (Å²) < 4.78 is 25.1. The highest BCUT2D eigenvalue weighted by molar-refractivity contribution is 6.30. The molecule has 21 heavy (non-hydrogen) atoms. The SMILES string of the molecule is CCC(=O)OC[C@@H]1O[C@H](n2cc(Cl)c(=O)[nH]c2=O)CC1F. The van der Waals surface area contributed by atoms with Crippen molar-refractivity contribution in [3.05, 3.63) is 32.1 Å². The molecule has 1 aliphatic rings. The van der Waals surface area contributed by atoms with E-state index in [1.807, 2.05) is 4.98 Å². The van der Waals surface area contributed by atoms with Crippen LogP contribution in [0.3, 0.4) is 0 Å². The molecule has 1 N–H and O–H groups in total. The molecule has 1 aromatic rings. The van der Waals surface area contributed by atoms with Gasteiger partial charge < -0.3 is 9.47 Å². The van der Waals surface area contributed by atoms with Crippen molar-refractivity contribution in [3.63, 3.8) is 0 Å². The zero-order chi connectivity index (χ0) is 15.6. The summed E-state index contributed by atoms with van der Waals surface area (Å²) in [6, 6.07) is 0. The third kappa shape index (κ3) is 3.51. The lowest BCUT2D eigenvalue weighted by Crippen LogP contribution is -2.32. The molecule has 0 aromatic carbocycles. The molecule has 0 spiro atoms. The highest BCUT2D eigenvalue weighted by Gasteiger charge is 2.37. The van der Waals surface area contributed by atoms with Crippen molar-refractivity contribution in [2.24, 2.45) is 0 Å². The first-order valence-corrected chi connectivity index (χ1v) is 6.76. The number of carbonyl (C=O) groups is 1. The van der Waals surface area contributed by atoms with E-state index in [0.717, 1.165) is 10.8 Å². The zero-order valence-electron chi connectivity index (χ0n) is 11.2. The van der Waals surface area contributed by atoms with E-state index in [0.29, 0.717) is 0 Å². The van der Waals surface area contributed by atoms with E-state index in [2.05, 4.69) is 0 Å². The molecule has 1 fully saturated rings. The maximum Gasteiger partial charge on any atom is 0.330 e. The molecule has 0 amide bonds. The third-order valence-corrected chi connectivity index (χ3v) is 3.36. The molecule has 3 atom stereocenters. The second-order valence-electron chi connectivity index (χ2n) is 4.56. The van der Waals surface area contributed by atoms with Crippen LogP contribution in [-0.4, -0.2) is 34.4 Å². The molecule has 116 valence electrons. The van der Waals surface area contributed by atoms with Crippen molar-refractivity contribution >= 4 is 17.6 Å². The van der Waals surface area contributed by atoms with Gasteiger partial charge in [0.25, 0.3) is 5.56 Å². The Balaban J connectivity index is 2.10. The monoisotopic (exact) mass is 320 g/mol. The number of aromatic amines is 1.